The van der Waals surface area contributed by atoms with E-state index in [4.69, 9.17) is 16.3 Å². The molecule has 0 heterocycles. The third-order valence-electron chi connectivity index (χ3n) is 4.28. The van der Waals surface area contributed by atoms with Crippen LogP contribution in [-0.4, -0.2) is 30.5 Å². The summed E-state index contributed by atoms with van der Waals surface area (Å²) < 4.78 is 5.35. The molecule has 162 valence electrons. The number of benzene rings is 3. The van der Waals surface area contributed by atoms with Crippen molar-refractivity contribution in [2.45, 2.75) is 6.92 Å². The minimum absolute atomic E-state index is 0.255. The number of aryl methyl sites for hydroxylation is 1. The van der Waals surface area contributed by atoms with Crippen molar-refractivity contribution in [3.8, 4) is 5.75 Å². The summed E-state index contributed by atoms with van der Waals surface area (Å²) in [6.07, 6.45) is 1.43. The van der Waals surface area contributed by atoms with Crippen LogP contribution >= 0.6 is 11.6 Å². The third-order valence-corrected chi connectivity index (χ3v) is 4.60. The van der Waals surface area contributed by atoms with Gasteiger partial charge in [0.1, 0.15) is 5.75 Å². The fraction of sp³-hybridized carbons (Fsp3) is 0.0833. The second-order valence-electron chi connectivity index (χ2n) is 6.78. The Morgan fingerprint density at radius 1 is 1.00 bits per heavy atom. The van der Waals surface area contributed by atoms with Crippen LogP contribution in [0.3, 0.4) is 0 Å². The molecule has 0 aliphatic carbocycles. The summed E-state index contributed by atoms with van der Waals surface area (Å²) in [7, 11) is 0. The van der Waals surface area contributed by atoms with Crippen molar-refractivity contribution < 1.29 is 19.1 Å². The van der Waals surface area contributed by atoms with E-state index >= 15 is 0 Å². The van der Waals surface area contributed by atoms with Gasteiger partial charge in [0.25, 0.3) is 11.8 Å². The zero-order chi connectivity index (χ0) is 22.9. The van der Waals surface area contributed by atoms with Gasteiger partial charge in [-0.05, 0) is 61.0 Å². The highest BCUT2D eigenvalue weighted by molar-refractivity contribution is 6.33. The summed E-state index contributed by atoms with van der Waals surface area (Å²) >= 11 is 5.95. The SMILES string of the molecule is Cc1cccc(C(=O)Oc2ccc(C=NNC(=O)CNC(=O)c3ccccc3Cl)cc2)c1. The van der Waals surface area contributed by atoms with Crippen LogP contribution < -0.4 is 15.5 Å². The van der Waals surface area contributed by atoms with Crippen molar-refractivity contribution >= 4 is 35.6 Å². The first-order valence-corrected chi connectivity index (χ1v) is 10.0. The second-order valence-corrected chi connectivity index (χ2v) is 7.19. The van der Waals surface area contributed by atoms with Crippen LogP contribution in [0.15, 0.2) is 77.9 Å². The number of carbonyl (C=O) groups excluding carboxylic acids is 3. The lowest BCUT2D eigenvalue weighted by Crippen LogP contribution is -2.35. The van der Waals surface area contributed by atoms with E-state index in [0.717, 1.165) is 5.56 Å². The maximum absolute atomic E-state index is 12.2. The summed E-state index contributed by atoms with van der Waals surface area (Å²) in [5.41, 5.74) is 4.73. The van der Waals surface area contributed by atoms with Crippen molar-refractivity contribution in [3.05, 3.63) is 100 Å². The topological polar surface area (TPSA) is 96.9 Å². The highest BCUT2D eigenvalue weighted by Crippen LogP contribution is 2.15. The van der Waals surface area contributed by atoms with Crippen LogP contribution in [0.2, 0.25) is 5.02 Å². The monoisotopic (exact) mass is 449 g/mol. The van der Waals surface area contributed by atoms with Gasteiger partial charge in [0.15, 0.2) is 0 Å². The first-order valence-electron chi connectivity index (χ1n) is 9.66. The zero-order valence-electron chi connectivity index (χ0n) is 17.2. The first kappa shape index (κ1) is 22.7. The molecule has 3 rings (SSSR count). The molecule has 0 radical (unpaired) electrons. The Labute approximate surface area is 190 Å². The smallest absolute Gasteiger partial charge is 0.343 e. The molecule has 0 aliphatic rings. The van der Waals surface area contributed by atoms with Gasteiger partial charge in [0.2, 0.25) is 0 Å². The molecule has 0 unspecified atom stereocenters. The van der Waals surface area contributed by atoms with Gasteiger partial charge in [-0.1, -0.05) is 41.4 Å². The molecule has 0 bridgehead atoms. The molecule has 32 heavy (non-hydrogen) atoms. The Bertz CT molecular complexity index is 1160. The van der Waals surface area contributed by atoms with E-state index in [9.17, 15) is 14.4 Å². The summed E-state index contributed by atoms with van der Waals surface area (Å²) in [4.78, 5) is 36.1. The van der Waals surface area contributed by atoms with E-state index < -0.39 is 17.8 Å². The highest BCUT2D eigenvalue weighted by Gasteiger charge is 2.11. The average molecular weight is 450 g/mol. The normalized spacial score (nSPS) is 10.6. The number of hydrogen-bond acceptors (Lipinski definition) is 5. The van der Waals surface area contributed by atoms with Crippen LogP contribution in [0.5, 0.6) is 5.75 Å². The van der Waals surface area contributed by atoms with E-state index in [1.165, 1.54) is 6.21 Å². The Morgan fingerprint density at radius 2 is 1.75 bits per heavy atom. The molecule has 0 atom stereocenters. The number of halogens is 1. The van der Waals surface area contributed by atoms with Crippen molar-refractivity contribution in [1.82, 2.24) is 10.7 Å². The van der Waals surface area contributed by atoms with Crippen LogP contribution in [0.25, 0.3) is 0 Å². The van der Waals surface area contributed by atoms with Gasteiger partial charge in [0.05, 0.1) is 28.9 Å². The summed E-state index contributed by atoms with van der Waals surface area (Å²) in [5.74, 6) is -1.00. The van der Waals surface area contributed by atoms with Gasteiger partial charge in [-0.25, -0.2) is 10.2 Å². The third kappa shape index (κ3) is 6.52. The number of rotatable bonds is 7. The maximum atomic E-state index is 12.2. The van der Waals surface area contributed by atoms with Gasteiger partial charge in [-0.3, -0.25) is 9.59 Å². The van der Waals surface area contributed by atoms with Crippen LogP contribution in [0.4, 0.5) is 0 Å². The molecule has 0 fully saturated rings. The number of ether oxygens (including phenoxy) is 1. The van der Waals surface area contributed by atoms with E-state index in [0.29, 0.717) is 21.9 Å². The van der Waals surface area contributed by atoms with Crippen molar-refractivity contribution in [2.75, 3.05) is 6.54 Å². The first-order chi connectivity index (χ1) is 15.4. The Kier molecular flexibility index (Phi) is 7.72. The molecule has 0 saturated carbocycles. The number of nitrogens with one attached hydrogen (secondary N) is 2. The van der Waals surface area contributed by atoms with Crippen molar-refractivity contribution in [2.24, 2.45) is 5.10 Å². The Balaban J connectivity index is 1.46. The summed E-state index contributed by atoms with van der Waals surface area (Å²) in [5, 5.41) is 6.62. The minimum Gasteiger partial charge on any atom is -0.423 e. The predicted molar refractivity (Wildman–Crippen MR) is 122 cm³/mol. The summed E-state index contributed by atoms with van der Waals surface area (Å²) in [6.45, 7) is 1.64. The molecule has 2 amide bonds. The number of esters is 1. The standard InChI is InChI=1S/C24H20ClN3O4/c1-16-5-4-6-18(13-16)24(31)32-19-11-9-17(10-12-19)14-27-28-22(29)15-26-23(30)20-7-2-3-8-21(20)25/h2-14H,15H2,1H3,(H,26,30)(H,28,29). The molecule has 3 aromatic rings. The lowest BCUT2D eigenvalue weighted by Gasteiger charge is -2.06. The fourth-order valence-corrected chi connectivity index (χ4v) is 2.90. The van der Waals surface area contributed by atoms with Crippen LogP contribution in [0, 0.1) is 6.92 Å². The number of hydrazone groups is 1. The molecule has 7 nitrogen and oxygen atoms in total. The Morgan fingerprint density at radius 3 is 2.47 bits per heavy atom. The molecular weight excluding hydrogens is 430 g/mol. The zero-order valence-corrected chi connectivity index (χ0v) is 17.9. The number of nitrogens with zero attached hydrogens (tertiary/aromatic N) is 1. The number of carbonyl (C=O) groups is 3. The molecule has 3 aromatic carbocycles. The minimum atomic E-state index is -0.495. The largest absolute Gasteiger partial charge is 0.423 e. The van der Waals surface area contributed by atoms with Gasteiger partial charge in [-0.2, -0.15) is 5.10 Å². The van der Waals surface area contributed by atoms with Crippen LogP contribution in [0.1, 0.15) is 31.8 Å². The maximum Gasteiger partial charge on any atom is 0.343 e. The van der Waals surface area contributed by atoms with Gasteiger partial charge < -0.3 is 10.1 Å². The number of hydrogen-bond donors (Lipinski definition) is 2. The van der Waals surface area contributed by atoms with Gasteiger partial charge in [-0.15, -0.1) is 0 Å². The van der Waals surface area contributed by atoms with Crippen molar-refractivity contribution in [1.29, 1.82) is 0 Å². The average Bonchev–Trinajstić information content (AvgIpc) is 2.79. The lowest BCUT2D eigenvalue weighted by atomic mass is 10.1. The highest BCUT2D eigenvalue weighted by atomic mass is 35.5. The molecule has 2 N–H and O–H groups in total. The van der Waals surface area contributed by atoms with E-state index in [2.05, 4.69) is 15.8 Å². The molecule has 0 aliphatic heterocycles. The molecule has 0 spiro atoms. The predicted octanol–water partition coefficient (Wildman–Crippen LogP) is 3.75. The molecule has 0 saturated heterocycles. The molecule has 8 heteroatoms. The summed E-state index contributed by atoms with van der Waals surface area (Å²) in [6, 6.07) is 20.3. The molecular formula is C24H20ClN3O4. The molecule has 0 aromatic heterocycles. The van der Waals surface area contributed by atoms with E-state index in [1.807, 2.05) is 13.0 Å². The van der Waals surface area contributed by atoms with Gasteiger partial charge in [0, 0.05) is 0 Å². The number of amides is 2. The van der Waals surface area contributed by atoms with Crippen LogP contribution in [-0.2, 0) is 4.79 Å². The Hall–Kier alpha value is -3.97. The quantitative estimate of drug-likeness (QED) is 0.248. The van der Waals surface area contributed by atoms with E-state index in [1.54, 1.807) is 66.7 Å². The second kappa shape index (κ2) is 10.9. The lowest BCUT2D eigenvalue weighted by molar-refractivity contribution is -0.120. The van der Waals surface area contributed by atoms with Gasteiger partial charge >= 0.3 is 5.97 Å². The van der Waals surface area contributed by atoms with E-state index in [-0.39, 0.29) is 12.1 Å². The fourth-order valence-electron chi connectivity index (χ4n) is 2.68. The van der Waals surface area contributed by atoms with Crippen molar-refractivity contribution in [3.63, 3.8) is 0 Å².